The first-order valence-electron chi connectivity index (χ1n) is 10.4. The number of nitrogens with zero attached hydrogens (tertiary/aromatic N) is 6. The van der Waals surface area contributed by atoms with Crippen LogP contribution in [0.3, 0.4) is 0 Å². The number of anilines is 3. The molecule has 1 aliphatic rings. The number of pyridine rings is 1. The molecule has 31 heavy (non-hydrogen) atoms. The maximum absolute atomic E-state index is 9.11. The summed E-state index contributed by atoms with van der Waals surface area (Å²) in [5, 5.41) is 13.3. The molecule has 4 rings (SSSR count). The third-order valence-corrected chi connectivity index (χ3v) is 6.00. The van der Waals surface area contributed by atoms with Crippen molar-refractivity contribution < 1.29 is 5.11 Å². The third kappa shape index (κ3) is 5.90. The van der Waals surface area contributed by atoms with Crippen LogP contribution >= 0.6 is 11.8 Å². The Morgan fingerprint density at radius 1 is 0.968 bits per heavy atom. The maximum atomic E-state index is 9.11. The van der Waals surface area contributed by atoms with Gasteiger partial charge in [-0.05, 0) is 38.1 Å². The van der Waals surface area contributed by atoms with Crippen LogP contribution in [-0.2, 0) is 0 Å². The van der Waals surface area contributed by atoms with Crippen LogP contribution in [0.2, 0.25) is 0 Å². The van der Waals surface area contributed by atoms with Crippen LogP contribution < -0.4 is 10.2 Å². The van der Waals surface area contributed by atoms with Crippen molar-refractivity contribution in [1.29, 1.82) is 0 Å². The molecule has 0 bridgehead atoms. The van der Waals surface area contributed by atoms with Gasteiger partial charge in [0, 0.05) is 37.6 Å². The van der Waals surface area contributed by atoms with Crippen LogP contribution in [0.25, 0.3) is 0 Å². The van der Waals surface area contributed by atoms with E-state index in [0.29, 0.717) is 24.3 Å². The van der Waals surface area contributed by atoms with E-state index in [4.69, 9.17) is 5.11 Å². The second kappa shape index (κ2) is 10.0. The van der Waals surface area contributed by atoms with Crippen molar-refractivity contribution in [2.75, 3.05) is 49.5 Å². The van der Waals surface area contributed by atoms with Gasteiger partial charge in [-0.15, -0.1) is 0 Å². The summed E-state index contributed by atoms with van der Waals surface area (Å²) in [6.45, 7) is 8.29. The zero-order chi connectivity index (χ0) is 21.6. The van der Waals surface area contributed by atoms with Gasteiger partial charge in [-0.2, -0.15) is 15.0 Å². The second-order valence-corrected chi connectivity index (χ2v) is 8.58. The first kappa shape index (κ1) is 21.5. The van der Waals surface area contributed by atoms with E-state index in [1.165, 1.54) is 5.56 Å². The number of piperazine rings is 1. The quantitative estimate of drug-likeness (QED) is 0.579. The molecule has 0 amide bonds. The van der Waals surface area contributed by atoms with Gasteiger partial charge < -0.3 is 15.3 Å². The number of hydrogen-bond acceptors (Lipinski definition) is 9. The average molecular weight is 438 g/mol. The SMILES string of the molecule is Cc1ccc(Sc2ccc(Nc3nc(C)nc(N4CCN(CCO)CC4)n3)cn2)cc1. The summed E-state index contributed by atoms with van der Waals surface area (Å²) in [5.74, 6) is 1.86. The molecular formula is C22H27N7OS. The fourth-order valence-corrected chi connectivity index (χ4v) is 4.10. The number of β-amino-alcohol motifs (C(OH)–C–C–N with tert-alkyl or cyclic N) is 1. The molecule has 0 saturated carbocycles. The fraction of sp³-hybridized carbons (Fsp3) is 0.364. The van der Waals surface area contributed by atoms with Gasteiger partial charge >= 0.3 is 0 Å². The van der Waals surface area contributed by atoms with Crippen molar-refractivity contribution in [3.8, 4) is 0 Å². The number of benzene rings is 1. The zero-order valence-corrected chi connectivity index (χ0v) is 18.6. The molecule has 0 aliphatic carbocycles. The Labute approximate surface area is 186 Å². The highest BCUT2D eigenvalue weighted by atomic mass is 32.2. The molecule has 1 saturated heterocycles. The summed E-state index contributed by atoms with van der Waals surface area (Å²) in [6.07, 6.45) is 1.79. The van der Waals surface area contributed by atoms with E-state index in [-0.39, 0.29) is 6.61 Å². The zero-order valence-electron chi connectivity index (χ0n) is 17.8. The van der Waals surface area contributed by atoms with Gasteiger partial charge in [0.15, 0.2) is 0 Å². The summed E-state index contributed by atoms with van der Waals surface area (Å²) in [7, 11) is 0. The van der Waals surface area contributed by atoms with Gasteiger partial charge in [0.2, 0.25) is 11.9 Å². The third-order valence-electron chi connectivity index (χ3n) is 5.04. The smallest absolute Gasteiger partial charge is 0.232 e. The van der Waals surface area contributed by atoms with E-state index in [9.17, 15) is 0 Å². The Kier molecular flexibility index (Phi) is 6.96. The monoisotopic (exact) mass is 437 g/mol. The van der Waals surface area contributed by atoms with Gasteiger partial charge in [-0.1, -0.05) is 29.5 Å². The van der Waals surface area contributed by atoms with Crippen molar-refractivity contribution in [3.63, 3.8) is 0 Å². The normalized spacial score (nSPS) is 14.6. The van der Waals surface area contributed by atoms with Gasteiger partial charge in [-0.3, -0.25) is 4.90 Å². The average Bonchev–Trinajstić information content (AvgIpc) is 2.77. The molecule has 0 spiro atoms. The van der Waals surface area contributed by atoms with E-state index < -0.39 is 0 Å². The highest BCUT2D eigenvalue weighted by molar-refractivity contribution is 7.99. The van der Waals surface area contributed by atoms with Crippen LogP contribution in [0.1, 0.15) is 11.4 Å². The molecule has 8 nitrogen and oxygen atoms in total. The Hall–Kier alpha value is -2.75. The van der Waals surface area contributed by atoms with Crippen molar-refractivity contribution in [1.82, 2.24) is 24.8 Å². The van der Waals surface area contributed by atoms with Crippen molar-refractivity contribution in [2.45, 2.75) is 23.8 Å². The number of aliphatic hydroxyl groups is 1. The van der Waals surface area contributed by atoms with Crippen molar-refractivity contribution in [2.24, 2.45) is 0 Å². The second-order valence-electron chi connectivity index (χ2n) is 7.48. The minimum Gasteiger partial charge on any atom is -0.395 e. The van der Waals surface area contributed by atoms with Crippen LogP contribution in [0.15, 0.2) is 52.5 Å². The summed E-state index contributed by atoms with van der Waals surface area (Å²) < 4.78 is 0. The highest BCUT2D eigenvalue weighted by Gasteiger charge is 2.19. The molecule has 0 radical (unpaired) electrons. The molecule has 9 heteroatoms. The van der Waals surface area contributed by atoms with Crippen LogP contribution in [0, 0.1) is 13.8 Å². The standard InChI is InChI=1S/C22H27N7OS/c1-16-3-6-19(7-4-16)31-20-8-5-18(15-23-20)26-21-24-17(2)25-22(27-21)29-11-9-28(10-12-29)13-14-30/h3-8,15,30H,9-14H2,1-2H3,(H,24,25,26,27). The van der Waals surface area contributed by atoms with E-state index in [2.05, 4.69) is 66.2 Å². The first-order valence-corrected chi connectivity index (χ1v) is 11.2. The van der Waals surface area contributed by atoms with E-state index in [1.54, 1.807) is 18.0 Å². The number of aromatic nitrogens is 4. The Balaban J connectivity index is 1.40. The Morgan fingerprint density at radius 2 is 1.74 bits per heavy atom. The number of rotatable bonds is 7. The molecule has 2 N–H and O–H groups in total. The van der Waals surface area contributed by atoms with Crippen LogP contribution in [0.4, 0.5) is 17.6 Å². The largest absolute Gasteiger partial charge is 0.395 e. The summed E-state index contributed by atoms with van der Waals surface area (Å²) in [6, 6.07) is 12.4. The number of hydrogen-bond donors (Lipinski definition) is 2. The lowest BCUT2D eigenvalue weighted by Gasteiger charge is -2.34. The molecular weight excluding hydrogens is 410 g/mol. The minimum atomic E-state index is 0.190. The molecule has 162 valence electrons. The molecule has 3 heterocycles. The van der Waals surface area contributed by atoms with E-state index in [0.717, 1.165) is 41.8 Å². The summed E-state index contributed by atoms with van der Waals surface area (Å²) in [4.78, 5) is 23.7. The number of aryl methyl sites for hydroxylation is 2. The predicted molar refractivity (Wildman–Crippen MR) is 123 cm³/mol. The molecule has 1 aromatic carbocycles. The molecule has 0 unspecified atom stereocenters. The fourth-order valence-electron chi connectivity index (χ4n) is 3.35. The van der Waals surface area contributed by atoms with E-state index in [1.807, 2.05) is 19.1 Å². The van der Waals surface area contributed by atoms with E-state index >= 15 is 0 Å². The number of nitrogens with one attached hydrogen (secondary N) is 1. The molecule has 1 fully saturated rings. The molecule has 2 aromatic heterocycles. The molecule has 1 aliphatic heterocycles. The lowest BCUT2D eigenvalue weighted by atomic mass is 10.2. The predicted octanol–water partition coefficient (Wildman–Crippen LogP) is 2.89. The van der Waals surface area contributed by atoms with Crippen molar-refractivity contribution >= 4 is 29.3 Å². The van der Waals surface area contributed by atoms with Gasteiger partial charge in [0.1, 0.15) is 10.9 Å². The summed E-state index contributed by atoms with van der Waals surface area (Å²) in [5.41, 5.74) is 2.08. The van der Waals surface area contributed by atoms with Gasteiger partial charge in [0.25, 0.3) is 0 Å². The summed E-state index contributed by atoms with van der Waals surface area (Å²) >= 11 is 1.63. The topological polar surface area (TPSA) is 90.3 Å². The van der Waals surface area contributed by atoms with Gasteiger partial charge in [-0.25, -0.2) is 4.98 Å². The molecule has 3 aromatic rings. The first-order chi connectivity index (χ1) is 15.1. The lowest BCUT2D eigenvalue weighted by molar-refractivity contribution is 0.188. The lowest BCUT2D eigenvalue weighted by Crippen LogP contribution is -2.47. The van der Waals surface area contributed by atoms with Crippen molar-refractivity contribution in [3.05, 3.63) is 54.0 Å². The minimum absolute atomic E-state index is 0.190. The van der Waals surface area contributed by atoms with Crippen LogP contribution in [0.5, 0.6) is 0 Å². The Morgan fingerprint density at radius 3 is 2.42 bits per heavy atom. The Bertz CT molecular complexity index is 990. The molecule has 0 atom stereocenters. The van der Waals surface area contributed by atoms with Gasteiger partial charge in [0.05, 0.1) is 18.5 Å². The van der Waals surface area contributed by atoms with Crippen LogP contribution in [-0.4, -0.2) is 69.3 Å². The number of aliphatic hydroxyl groups excluding tert-OH is 1. The highest BCUT2D eigenvalue weighted by Crippen LogP contribution is 2.27. The maximum Gasteiger partial charge on any atom is 0.232 e.